The summed E-state index contributed by atoms with van der Waals surface area (Å²) in [5.41, 5.74) is 2.68. The van der Waals surface area contributed by atoms with Gasteiger partial charge in [-0.15, -0.1) is 0 Å². The van der Waals surface area contributed by atoms with E-state index in [1.807, 2.05) is 0 Å². The van der Waals surface area contributed by atoms with Crippen molar-refractivity contribution >= 4 is 0 Å². The first kappa shape index (κ1) is 15.5. The van der Waals surface area contributed by atoms with Crippen LogP contribution in [-0.4, -0.2) is 13.2 Å². The van der Waals surface area contributed by atoms with Crippen LogP contribution in [-0.2, 0) is 17.9 Å². The highest BCUT2D eigenvalue weighted by Gasteiger charge is 2.26. The van der Waals surface area contributed by atoms with Gasteiger partial charge in [0.1, 0.15) is 0 Å². The molecule has 0 heterocycles. The van der Waals surface area contributed by atoms with E-state index in [1.165, 1.54) is 36.8 Å². The maximum Gasteiger partial charge on any atom is 0.0716 e. The van der Waals surface area contributed by atoms with Crippen molar-refractivity contribution in [3.05, 3.63) is 35.4 Å². The highest BCUT2D eigenvalue weighted by Crippen LogP contribution is 2.30. The molecule has 0 bridgehead atoms. The van der Waals surface area contributed by atoms with Crippen molar-refractivity contribution in [3.63, 3.8) is 0 Å². The standard InChI is InChI=1S/C18H29NO/c1-14(2)17-10-6-7-11-18(17)19-12-15-8-4-5-9-16(15)13-20-3/h4-5,8-9,14,17-19H,6-7,10-13H2,1-3H3. The number of hydrogen-bond donors (Lipinski definition) is 1. The first-order valence-electron chi connectivity index (χ1n) is 8.01. The molecule has 1 N–H and O–H groups in total. The first-order valence-corrected chi connectivity index (χ1v) is 8.01. The summed E-state index contributed by atoms with van der Waals surface area (Å²) < 4.78 is 5.29. The average Bonchev–Trinajstić information content (AvgIpc) is 2.47. The van der Waals surface area contributed by atoms with E-state index in [0.29, 0.717) is 12.6 Å². The summed E-state index contributed by atoms with van der Waals surface area (Å²) in [6, 6.07) is 9.28. The molecule has 0 amide bonds. The third-order valence-electron chi connectivity index (χ3n) is 4.65. The van der Waals surface area contributed by atoms with Gasteiger partial charge >= 0.3 is 0 Å². The Kier molecular flexibility index (Phi) is 6.06. The Balaban J connectivity index is 1.96. The van der Waals surface area contributed by atoms with Gasteiger partial charge in [-0.25, -0.2) is 0 Å². The number of methoxy groups -OCH3 is 1. The van der Waals surface area contributed by atoms with Crippen LogP contribution >= 0.6 is 0 Å². The predicted molar refractivity (Wildman–Crippen MR) is 84.6 cm³/mol. The maximum absolute atomic E-state index is 5.29. The van der Waals surface area contributed by atoms with Crippen LogP contribution in [0, 0.1) is 11.8 Å². The van der Waals surface area contributed by atoms with Gasteiger partial charge in [0.2, 0.25) is 0 Å². The molecule has 1 aromatic rings. The van der Waals surface area contributed by atoms with Crippen molar-refractivity contribution in [1.82, 2.24) is 5.32 Å². The largest absolute Gasteiger partial charge is 0.380 e. The Morgan fingerprint density at radius 3 is 2.55 bits per heavy atom. The molecule has 1 fully saturated rings. The molecule has 1 aliphatic rings. The molecule has 1 aromatic carbocycles. The molecule has 1 aliphatic carbocycles. The molecule has 2 nitrogen and oxygen atoms in total. The summed E-state index contributed by atoms with van der Waals surface area (Å²) >= 11 is 0. The second-order valence-electron chi connectivity index (χ2n) is 6.38. The molecular weight excluding hydrogens is 246 g/mol. The Morgan fingerprint density at radius 1 is 1.15 bits per heavy atom. The quantitative estimate of drug-likeness (QED) is 0.842. The minimum Gasteiger partial charge on any atom is -0.380 e. The van der Waals surface area contributed by atoms with Gasteiger partial charge < -0.3 is 10.1 Å². The molecule has 0 aliphatic heterocycles. The number of benzene rings is 1. The van der Waals surface area contributed by atoms with Crippen LogP contribution in [0.3, 0.4) is 0 Å². The zero-order valence-electron chi connectivity index (χ0n) is 13.2. The Labute approximate surface area is 123 Å². The highest BCUT2D eigenvalue weighted by atomic mass is 16.5. The van der Waals surface area contributed by atoms with Crippen molar-refractivity contribution in [1.29, 1.82) is 0 Å². The molecule has 0 spiro atoms. The van der Waals surface area contributed by atoms with Crippen molar-refractivity contribution in [2.45, 2.75) is 58.7 Å². The SMILES string of the molecule is COCc1ccccc1CNC1CCCCC1C(C)C. The van der Waals surface area contributed by atoms with Crippen LogP contribution < -0.4 is 5.32 Å². The second kappa shape index (κ2) is 7.80. The van der Waals surface area contributed by atoms with E-state index < -0.39 is 0 Å². The lowest BCUT2D eigenvalue weighted by molar-refractivity contribution is 0.182. The number of hydrogen-bond acceptors (Lipinski definition) is 2. The summed E-state index contributed by atoms with van der Waals surface area (Å²) in [6.45, 7) is 6.40. The first-order chi connectivity index (χ1) is 9.72. The van der Waals surface area contributed by atoms with Gasteiger partial charge in [-0.2, -0.15) is 0 Å². The molecule has 1 saturated carbocycles. The lowest BCUT2D eigenvalue weighted by Gasteiger charge is -2.35. The Hall–Kier alpha value is -0.860. The molecule has 0 aromatic heterocycles. The number of nitrogens with one attached hydrogen (secondary N) is 1. The lowest BCUT2D eigenvalue weighted by atomic mass is 9.78. The van der Waals surface area contributed by atoms with E-state index >= 15 is 0 Å². The van der Waals surface area contributed by atoms with E-state index in [1.54, 1.807) is 7.11 Å². The summed E-state index contributed by atoms with van der Waals surface area (Å²) in [4.78, 5) is 0. The average molecular weight is 275 g/mol. The smallest absolute Gasteiger partial charge is 0.0716 e. The third-order valence-corrected chi connectivity index (χ3v) is 4.65. The highest BCUT2D eigenvalue weighted by molar-refractivity contribution is 5.26. The molecule has 0 radical (unpaired) electrons. The molecular formula is C18H29NO. The predicted octanol–water partition coefficient (Wildman–Crippen LogP) is 4.14. The van der Waals surface area contributed by atoms with E-state index in [4.69, 9.17) is 4.74 Å². The summed E-state index contributed by atoms with van der Waals surface area (Å²) in [7, 11) is 1.76. The van der Waals surface area contributed by atoms with Crippen LogP contribution in [0.4, 0.5) is 0 Å². The fourth-order valence-corrected chi connectivity index (χ4v) is 3.48. The molecule has 0 saturated heterocycles. The Bertz CT molecular complexity index is 402. The summed E-state index contributed by atoms with van der Waals surface area (Å²) in [6.07, 6.45) is 5.49. The topological polar surface area (TPSA) is 21.3 Å². The van der Waals surface area contributed by atoms with E-state index in [-0.39, 0.29) is 0 Å². The second-order valence-corrected chi connectivity index (χ2v) is 6.38. The summed E-state index contributed by atoms with van der Waals surface area (Å²) in [5.74, 6) is 1.61. The van der Waals surface area contributed by atoms with E-state index in [0.717, 1.165) is 18.4 Å². The number of rotatable bonds is 6. The zero-order valence-corrected chi connectivity index (χ0v) is 13.2. The molecule has 2 heteroatoms. The zero-order chi connectivity index (χ0) is 14.4. The molecule has 2 rings (SSSR count). The van der Waals surface area contributed by atoms with Crippen molar-refractivity contribution in [3.8, 4) is 0 Å². The van der Waals surface area contributed by atoms with Crippen molar-refractivity contribution < 1.29 is 4.74 Å². The number of ether oxygens (including phenoxy) is 1. The fraction of sp³-hybridized carbons (Fsp3) is 0.667. The normalized spacial score (nSPS) is 23.2. The monoisotopic (exact) mass is 275 g/mol. The molecule has 20 heavy (non-hydrogen) atoms. The minimum atomic E-state index is 0.680. The minimum absolute atomic E-state index is 0.680. The van der Waals surface area contributed by atoms with Gasteiger partial charge in [0.25, 0.3) is 0 Å². The third kappa shape index (κ3) is 4.07. The van der Waals surface area contributed by atoms with Gasteiger partial charge in [-0.3, -0.25) is 0 Å². The van der Waals surface area contributed by atoms with Crippen LogP contribution in [0.1, 0.15) is 50.7 Å². The van der Waals surface area contributed by atoms with Gasteiger partial charge in [-0.05, 0) is 35.8 Å². The van der Waals surface area contributed by atoms with Crippen LogP contribution in [0.5, 0.6) is 0 Å². The van der Waals surface area contributed by atoms with Gasteiger partial charge in [0.05, 0.1) is 6.61 Å². The van der Waals surface area contributed by atoms with E-state index in [9.17, 15) is 0 Å². The molecule has 2 atom stereocenters. The van der Waals surface area contributed by atoms with Gasteiger partial charge in [-0.1, -0.05) is 51.0 Å². The molecule has 112 valence electrons. The molecule has 2 unspecified atom stereocenters. The van der Waals surface area contributed by atoms with Crippen LogP contribution in [0.15, 0.2) is 24.3 Å². The van der Waals surface area contributed by atoms with Gasteiger partial charge in [0, 0.05) is 19.7 Å². The van der Waals surface area contributed by atoms with Gasteiger partial charge in [0.15, 0.2) is 0 Å². The van der Waals surface area contributed by atoms with Crippen molar-refractivity contribution in [2.24, 2.45) is 11.8 Å². The maximum atomic E-state index is 5.29. The Morgan fingerprint density at radius 2 is 1.85 bits per heavy atom. The summed E-state index contributed by atoms with van der Waals surface area (Å²) in [5, 5.41) is 3.81. The van der Waals surface area contributed by atoms with E-state index in [2.05, 4.69) is 43.4 Å². The van der Waals surface area contributed by atoms with Crippen LogP contribution in [0.25, 0.3) is 0 Å². The fourth-order valence-electron chi connectivity index (χ4n) is 3.48. The van der Waals surface area contributed by atoms with Crippen molar-refractivity contribution in [2.75, 3.05) is 7.11 Å². The lowest BCUT2D eigenvalue weighted by Crippen LogP contribution is -2.40. The van der Waals surface area contributed by atoms with Crippen LogP contribution in [0.2, 0.25) is 0 Å².